The summed E-state index contributed by atoms with van der Waals surface area (Å²) in [5.74, 6) is -0.968. The summed E-state index contributed by atoms with van der Waals surface area (Å²) in [6.07, 6.45) is 0. The van der Waals surface area contributed by atoms with Crippen LogP contribution in [0.4, 0.5) is 21.0 Å². The summed E-state index contributed by atoms with van der Waals surface area (Å²) in [5, 5.41) is 0. The normalized spacial score (nSPS) is 19.1. The molecule has 0 fully saturated rings. The first-order valence-electron chi connectivity index (χ1n) is 2.26. The Hall–Kier alpha value is -0.250. The molecule has 0 bridgehead atoms. The van der Waals surface area contributed by atoms with Gasteiger partial charge in [0.05, 0.1) is 0 Å². The van der Waals surface area contributed by atoms with Crippen molar-refractivity contribution in [1.82, 2.24) is 0 Å². The molecule has 0 rings (SSSR count). The third-order valence-electron chi connectivity index (χ3n) is 0.449. The quantitative estimate of drug-likeness (QED) is 0.254. The van der Waals surface area contributed by atoms with Crippen LogP contribution < -0.4 is 0 Å². The van der Waals surface area contributed by atoms with Gasteiger partial charge in [-0.05, 0) is 0 Å². The first-order valence-corrected chi connectivity index (χ1v) is 4.46. The number of halogens is 5. The van der Waals surface area contributed by atoms with Crippen molar-refractivity contribution in [3.8, 4) is 0 Å². The zero-order valence-corrected chi connectivity index (χ0v) is 6.26. The molecule has 7 heteroatoms. The molecule has 0 aliphatic carbocycles. The first-order chi connectivity index (χ1) is 3.89. The second-order valence-corrected chi connectivity index (χ2v) is 4.69. The fourth-order valence-corrected chi connectivity index (χ4v) is 1.31. The van der Waals surface area contributed by atoms with Gasteiger partial charge < -0.3 is 0 Å². The molecule has 0 spiro atoms. The summed E-state index contributed by atoms with van der Waals surface area (Å²) in [6, 6.07) is 0. The molecule has 64 valence electrons. The van der Waals surface area contributed by atoms with E-state index in [1.165, 1.54) is 0 Å². The number of hydrogen-bond acceptors (Lipinski definition) is 0. The van der Waals surface area contributed by atoms with E-state index < -0.39 is 13.5 Å². The van der Waals surface area contributed by atoms with Gasteiger partial charge in [0.25, 0.3) is 0 Å². The van der Waals surface area contributed by atoms with Gasteiger partial charge >= 0.3 is 53.1 Å². The van der Waals surface area contributed by atoms with Crippen LogP contribution in [-0.4, -0.2) is 24.6 Å². The van der Waals surface area contributed by atoms with E-state index in [2.05, 4.69) is 0 Å². The summed E-state index contributed by atoms with van der Waals surface area (Å²) in [5.41, 5.74) is 0. The zero-order valence-electron chi connectivity index (χ0n) is 5.36. The van der Waals surface area contributed by atoms with E-state index in [9.17, 15) is 21.0 Å². The zero-order chi connectivity index (χ0) is 8.69. The van der Waals surface area contributed by atoms with Gasteiger partial charge in [0.15, 0.2) is 0 Å². The second kappa shape index (κ2) is 1.49. The summed E-state index contributed by atoms with van der Waals surface area (Å²) in [6.45, 7) is 0. The molecule has 0 aromatic carbocycles. The van der Waals surface area contributed by atoms with Gasteiger partial charge in [-0.25, -0.2) is 0 Å². The van der Waals surface area contributed by atoms with Gasteiger partial charge in [0.1, 0.15) is 0 Å². The maximum atomic E-state index is 11.4. The predicted molar refractivity (Wildman–Crippen MR) is 30.6 cm³/mol. The van der Waals surface area contributed by atoms with E-state index in [0.29, 0.717) is 0 Å². The molecule has 0 atom stereocenters. The Morgan fingerprint density at radius 3 is 1.30 bits per heavy atom. The van der Waals surface area contributed by atoms with E-state index in [1.54, 1.807) is 0 Å². The van der Waals surface area contributed by atoms with Crippen molar-refractivity contribution < 1.29 is 25.6 Å². The Morgan fingerprint density at radius 2 is 1.30 bits per heavy atom. The van der Waals surface area contributed by atoms with Crippen molar-refractivity contribution in [2.45, 2.75) is 0 Å². The number of hydrogen-bond donors (Lipinski definition) is 0. The number of nitrogens with zero attached hydrogens (tertiary/aromatic N) is 1. The second-order valence-electron chi connectivity index (χ2n) is 2.21. The summed E-state index contributed by atoms with van der Waals surface area (Å²) >= 11 is 0. The van der Waals surface area contributed by atoms with Crippen LogP contribution in [0.1, 0.15) is 0 Å². The molecular formula is C3H7F5NP. The van der Waals surface area contributed by atoms with Crippen molar-refractivity contribution in [2.24, 2.45) is 0 Å². The molecular weight excluding hydrogens is 176 g/mol. The Kier molecular flexibility index (Phi) is 1.46. The molecule has 0 radical (unpaired) electrons. The van der Waals surface area contributed by atoms with Gasteiger partial charge in [-0.1, -0.05) is 0 Å². The average molecular weight is 183 g/mol. The molecule has 0 saturated heterocycles. The standard InChI is InChI=1S/C3H7F5NP/c1-9(2)3-10(4,5,6,7)8/h3H,1-2H3. The Labute approximate surface area is 54.3 Å². The Morgan fingerprint density at radius 1 is 1.00 bits per heavy atom. The molecule has 0 aromatic rings. The summed E-state index contributed by atoms with van der Waals surface area (Å²) in [7, 11) is -7.72. The van der Waals surface area contributed by atoms with Crippen molar-refractivity contribution in [2.75, 3.05) is 14.1 Å². The SMILES string of the molecule is C[N+](C)=C[P-](F)(F)(F)(F)F. The molecule has 0 aliphatic rings. The van der Waals surface area contributed by atoms with Crippen molar-refractivity contribution in [1.29, 1.82) is 0 Å². The molecule has 10 heavy (non-hydrogen) atoms. The third-order valence-corrected chi connectivity index (χ3v) is 1.35. The van der Waals surface area contributed by atoms with E-state index in [-0.39, 0.29) is 4.58 Å². The minimum absolute atomic E-state index is 0.288. The molecule has 0 saturated carbocycles. The van der Waals surface area contributed by atoms with Gasteiger partial charge in [0, 0.05) is 0 Å². The van der Waals surface area contributed by atoms with Crippen LogP contribution in [0.3, 0.4) is 0 Å². The average Bonchev–Trinajstić information content (AvgIpc) is 1.12. The third kappa shape index (κ3) is 7.75. The molecule has 0 unspecified atom stereocenters. The van der Waals surface area contributed by atoms with Gasteiger partial charge in [0.2, 0.25) is 0 Å². The molecule has 0 N–H and O–H groups in total. The summed E-state index contributed by atoms with van der Waals surface area (Å²) in [4.78, 5) is 0. The monoisotopic (exact) mass is 183 g/mol. The Bertz CT molecular complexity index is 170. The molecule has 0 heterocycles. The van der Waals surface area contributed by atoms with Gasteiger partial charge in [-0.3, -0.25) is 0 Å². The maximum absolute atomic E-state index is 11.4. The van der Waals surface area contributed by atoms with Gasteiger partial charge in [-0.15, -0.1) is 0 Å². The van der Waals surface area contributed by atoms with Crippen molar-refractivity contribution in [3.63, 3.8) is 0 Å². The van der Waals surface area contributed by atoms with Crippen LogP contribution in [0, 0.1) is 0 Å². The van der Waals surface area contributed by atoms with E-state index >= 15 is 0 Å². The molecule has 0 aromatic heterocycles. The van der Waals surface area contributed by atoms with Crippen LogP contribution in [-0.2, 0) is 0 Å². The molecule has 1 nitrogen and oxygen atoms in total. The van der Waals surface area contributed by atoms with E-state index in [1.807, 2.05) is 0 Å². The van der Waals surface area contributed by atoms with Crippen molar-refractivity contribution in [3.05, 3.63) is 0 Å². The van der Waals surface area contributed by atoms with Crippen molar-refractivity contribution >= 4 is 13.5 Å². The molecule has 0 aliphatic heterocycles. The van der Waals surface area contributed by atoms with E-state index in [0.717, 1.165) is 14.1 Å². The molecule has 0 amide bonds. The van der Waals surface area contributed by atoms with Crippen LogP contribution in [0.2, 0.25) is 0 Å². The van der Waals surface area contributed by atoms with Crippen LogP contribution in [0.25, 0.3) is 0 Å². The number of rotatable bonds is 1. The first kappa shape index (κ1) is 9.75. The Balaban J connectivity index is 4.96. The van der Waals surface area contributed by atoms with Crippen LogP contribution >= 0.6 is 7.50 Å². The fourth-order valence-electron chi connectivity index (χ4n) is 0.436. The summed E-state index contributed by atoms with van der Waals surface area (Å²) < 4.78 is 57.2. The van der Waals surface area contributed by atoms with Crippen LogP contribution in [0.15, 0.2) is 0 Å². The fraction of sp³-hybridized carbons (Fsp3) is 0.667. The predicted octanol–water partition coefficient (Wildman–Crippen LogP) is 2.80. The topological polar surface area (TPSA) is 3.01 Å². The van der Waals surface area contributed by atoms with E-state index in [4.69, 9.17) is 0 Å². The van der Waals surface area contributed by atoms with Gasteiger partial charge in [-0.2, -0.15) is 0 Å². The minimum atomic E-state index is -9.50. The van der Waals surface area contributed by atoms with Crippen LogP contribution in [0.5, 0.6) is 0 Å².